The third kappa shape index (κ3) is 8.93. The Kier molecular flexibility index (Phi) is 10.2. The van der Waals surface area contributed by atoms with Gasteiger partial charge in [-0.15, -0.1) is 5.10 Å². The van der Waals surface area contributed by atoms with E-state index in [2.05, 4.69) is 48.4 Å². The minimum atomic E-state index is -1.30. The van der Waals surface area contributed by atoms with Gasteiger partial charge in [0.05, 0.1) is 12.1 Å². The van der Waals surface area contributed by atoms with Crippen molar-refractivity contribution >= 4 is 11.9 Å². The predicted octanol–water partition coefficient (Wildman–Crippen LogP) is 2.52. The van der Waals surface area contributed by atoms with Crippen molar-refractivity contribution in [3.8, 4) is 0 Å². The maximum Gasteiger partial charge on any atom is 0.222 e. The number of aliphatic carboxylic acids is 1. The van der Waals surface area contributed by atoms with Gasteiger partial charge in [-0.05, 0) is 51.8 Å². The predicted molar refractivity (Wildman–Crippen MR) is 152 cm³/mol. The van der Waals surface area contributed by atoms with Gasteiger partial charge in [-0.2, -0.15) is 0 Å². The summed E-state index contributed by atoms with van der Waals surface area (Å²) in [5.74, 6) is -0.538. The molecule has 1 N–H and O–H groups in total. The van der Waals surface area contributed by atoms with Crippen molar-refractivity contribution in [2.24, 2.45) is 5.41 Å². The fourth-order valence-corrected chi connectivity index (χ4v) is 5.47. The SMILES string of the molecule is CC(C)(C)CC(c1nnnn1CCCC(=O)N1CCc2ccccc2C1)N(Cc1ccccc1)CC(O)CC(=O)[O-]. The smallest absolute Gasteiger partial charge is 0.222 e. The van der Waals surface area contributed by atoms with E-state index in [0.29, 0.717) is 44.7 Å². The van der Waals surface area contributed by atoms with Crippen LogP contribution in [0.4, 0.5) is 0 Å². The Morgan fingerprint density at radius 1 is 1.07 bits per heavy atom. The molecule has 0 saturated heterocycles. The molecule has 1 amide bonds. The highest BCUT2D eigenvalue weighted by atomic mass is 16.4. The summed E-state index contributed by atoms with van der Waals surface area (Å²) in [7, 11) is 0. The Bertz CT molecular complexity index is 1290. The molecule has 10 nitrogen and oxygen atoms in total. The molecule has 0 radical (unpaired) electrons. The average molecular weight is 562 g/mol. The van der Waals surface area contributed by atoms with Gasteiger partial charge < -0.3 is 19.9 Å². The molecule has 0 spiro atoms. The Balaban J connectivity index is 1.49. The van der Waals surface area contributed by atoms with Crippen LogP contribution in [-0.2, 0) is 35.6 Å². The number of aliphatic hydroxyl groups is 1. The summed E-state index contributed by atoms with van der Waals surface area (Å²) in [6, 6.07) is 17.8. The van der Waals surface area contributed by atoms with Crippen LogP contribution in [0.2, 0.25) is 0 Å². The summed E-state index contributed by atoms with van der Waals surface area (Å²) in [6.07, 6.45) is 0.954. The molecule has 3 aromatic rings. The molecule has 0 aliphatic carbocycles. The van der Waals surface area contributed by atoms with E-state index < -0.39 is 18.5 Å². The molecule has 1 aromatic heterocycles. The summed E-state index contributed by atoms with van der Waals surface area (Å²) in [6.45, 7) is 8.81. The number of aryl methyl sites for hydroxylation is 1. The lowest BCUT2D eigenvalue weighted by molar-refractivity contribution is -0.307. The number of amides is 1. The molecule has 10 heteroatoms. The van der Waals surface area contributed by atoms with E-state index >= 15 is 0 Å². The fourth-order valence-electron chi connectivity index (χ4n) is 5.47. The molecule has 1 aliphatic heterocycles. The molecule has 0 saturated carbocycles. The van der Waals surface area contributed by atoms with Crippen LogP contribution in [-0.4, -0.2) is 66.2 Å². The van der Waals surface area contributed by atoms with Crippen molar-refractivity contribution in [3.05, 3.63) is 77.1 Å². The molecule has 2 atom stereocenters. The standard InChI is InChI=1S/C31H42N6O4/c1-31(2,3)19-27(36(22-26(38)18-29(40)41)20-23-10-5-4-6-11-23)30-32-33-34-37(30)16-9-14-28(39)35-17-15-24-12-7-8-13-25(24)21-35/h4-8,10-13,26-27,38H,9,14-22H2,1-3H3,(H,40,41)/p-1. The number of aromatic nitrogens is 4. The first-order chi connectivity index (χ1) is 19.6. The molecule has 0 fully saturated rings. The number of carboxylic acid groups (broad SMARTS) is 1. The number of rotatable bonds is 13. The second-order valence-corrected chi connectivity index (χ2v) is 12.1. The van der Waals surface area contributed by atoms with Crippen LogP contribution in [0.3, 0.4) is 0 Å². The fraction of sp³-hybridized carbons (Fsp3) is 0.516. The maximum atomic E-state index is 13.0. The van der Waals surface area contributed by atoms with Gasteiger partial charge in [-0.3, -0.25) is 9.69 Å². The summed E-state index contributed by atoms with van der Waals surface area (Å²) in [5.41, 5.74) is 3.43. The number of tetrazole rings is 1. The van der Waals surface area contributed by atoms with Crippen LogP contribution in [0.25, 0.3) is 0 Å². The lowest BCUT2D eigenvalue weighted by atomic mass is 9.86. The Labute approximate surface area is 242 Å². The van der Waals surface area contributed by atoms with E-state index in [4.69, 9.17) is 0 Å². The molecule has 0 bridgehead atoms. The summed E-state index contributed by atoms with van der Waals surface area (Å²) in [4.78, 5) is 28.2. The molecule has 220 valence electrons. The number of carbonyl (C=O) groups excluding carboxylic acids is 2. The summed E-state index contributed by atoms with van der Waals surface area (Å²) < 4.78 is 1.75. The Morgan fingerprint density at radius 2 is 1.78 bits per heavy atom. The van der Waals surface area contributed by atoms with Gasteiger partial charge in [0.2, 0.25) is 5.91 Å². The number of benzene rings is 2. The molecule has 41 heavy (non-hydrogen) atoms. The zero-order valence-corrected chi connectivity index (χ0v) is 24.3. The first-order valence-corrected chi connectivity index (χ1v) is 14.4. The first kappa shape index (κ1) is 30.3. The minimum Gasteiger partial charge on any atom is -0.550 e. The van der Waals surface area contributed by atoms with Crippen LogP contribution in [0.1, 0.15) is 75.0 Å². The molecular weight excluding hydrogens is 520 g/mol. The van der Waals surface area contributed by atoms with Gasteiger partial charge in [0.15, 0.2) is 5.82 Å². The molecule has 2 aromatic carbocycles. The van der Waals surface area contributed by atoms with Gasteiger partial charge >= 0.3 is 0 Å². The highest BCUT2D eigenvalue weighted by Crippen LogP contribution is 2.34. The lowest BCUT2D eigenvalue weighted by Crippen LogP contribution is -2.40. The molecule has 1 aliphatic rings. The number of carboxylic acids is 1. The van der Waals surface area contributed by atoms with Crippen molar-refractivity contribution in [2.45, 2.75) is 84.7 Å². The van der Waals surface area contributed by atoms with Crippen LogP contribution < -0.4 is 5.11 Å². The van der Waals surface area contributed by atoms with E-state index in [1.54, 1.807) is 4.68 Å². The average Bonchev–Trinajstić information content (AvgIpc) is 3.39. The Hall–Kier alpha value is -3.63. The van der Waals surface area contributed by atoms with E-state index in [0.717, 1.165) is 18.5 Å². The lowest BCUT2D eigenvalue weighted by Gasteiger charge is -2.36. The van der Waals surface area contributed by atoms with Gasteiger partial charge in [-0.1, -0.05) is 75.4 Å². The molecular formula is C31H41N6O4-. The van der Waals surface area contributed by atoms with Crippen LogP contribution in [0.15, 0.2) is 54.6 Å². The maximum absolute atomic E-state index is 13.0. The number of fused-ring (bicyclic) bond motifs is 1. The topological polar surface area (TPSA) is 128 Å². The summed E-state index contributed by atoms with van der Waals surface area (Å²) in [5, 5.41) is 34.5. The third-order valence-electron chi connectivity index (χ3n) is 7.42. The Morgan fingerprint density at radius 3 is 2.49 bits per heavy atom. The van der Waals surface area contributed by atoms with Gasteiger partial charge in [0, 0.05) is 51.5 Å². The van der Waals surface area contributed by atoms with E-state index in [1.807, 2.05) is 52.3 Å². The summed E-state index contributed by atoms with van der Waals surface area (Å²) >= 11 is 0. The number of hydrogen-bond acceptors (Lipinski definition) is 8. The highest BCUT2D eigenvalue weighted by molar-refractivity contribution is 5.76. The van der Waals surface area contributed by atoms with Gasteiger partial charge in [-0.25, -0.2) is 4.68 Å². The van der Waals surface area contributed by atoms with Crippen molar-refractivity contribution in [1.29, 1.82) is 0 Å². The number of hydrogen-bond donors (Lipinski definition) is 1. The molecule has 2 unspecified atom stereocenters. The number of aliphatic hydroxyl groups excluding tert-OH is 1. The monoisotopic (exact) mass is 561 g/mol. The zero-order valence-electron chi connectivity index (χ0n) is 24.3. The van der Waals surface area contributed by atoms with Crippen LogP contribution in [0.5, 0.6) is 0 Å². The second-order valence-electron chi connectivity index (χ2n) is 12.1. The van der Waals surface area contributed by atoms with Crippen molar-refractivity contribution < 1.29 is 19.8 Å². The van der Waals surface area contributed by atoms with Gasteiger partial charge in [0.1, 0.15) is 0 Å². The van der Waals surface area contributed by atoms with Crippen LogP contribution >= 0.6 is 0 Å². The third-order valence-corrected chi connectivity index (χ3v) is 7.42. The largest absolute Gasteiger partial charge is 0.550 e. The van der Waals surface area contributed by atoms with E-state index in [1.165, 1.54) is 11.1 Å². The zero-order chi connectivity index (χ0) is 29.4. The first-order valence-electron chi connectivity index (χ1n) is 14.4. The number of carbonyl (C=O) groups is 2. The minimum absolute atomic E-state index is 0.115. The highest BCUT2D eigenvalue weighted by Gasteiger charge is 2.32. The quantitative estimate of drug-likeness (QED) is 0.337. The van der Waals surface area contributed by atoms with Crippen molar-refractivity contribution in [2.75, 3.05) is 13.1 Å². The van der Waals surface area contributed by atoms with E-state index in [-0.39, 0.29) is 23.9 Å². The number of nitrogens with zero attached hydrogens (tertiary/aromatic N) is 6. The second kappa shape index (κ2) is 13.8. The van der Waals surface area contributed by atoms with E-state index in [9.17, 15) is 19.8 Å². The molecule has 4 rings (SSSR count). The van der Waals surface area contributed by atoms with Crippen molar-refractivity contribution in [1.82, 2.24) is 30.0 Å². The van der Waals surface area contributed by atoms with Crippen LogP contribution in [0, 0.1) is 5.41 Å². The van der Waals surface area contributed by atoms with Gasteiger partial charge in [0.25, 0.3) is 0 Å². The molecule has 2 heterocycles. The normalized spacial score (nSPS) is 15.0. The van der Waals surface area contributed by atoms with Crippen molar-refractivity contribution in [3.63, 3.8) is 0 Å².